The van der Waals surface area contributed by atoms with Crippen molar-refractivity contribution in [3.05, 3.63) is 24.3 Å². The van der Waals surface area contributed by atoms with Crippen LogP contribution in [0.25, 0.3) is 0 Å². The third-order valence-electron chi connectivity index (χ3n) is 2.49. The molecule has 1 aromatic carbocycles. The molecule has 24 heavy (non-hydrogen) atoms. The smallest absolute Gasteiger partial charge is 0.407 e. The molecule has 0 bridgehead atoms. The maximum atomic E-state index is 11.6. The maximum absolute atomic E-state index is 11.6. The van der Waals surface area contributed by atoms with Crippen LogP contribution < -0.4 is 16.0 Å². The van der Waals surface area contributed by atoms with Gasteiger partial charge in [0.1, 0.15) is 5.60 Å². The molecule has 0 saturated carbocycles. The Balaban J connectivity index is 2.33. The third kappa shape index (κ3) is 7.79. The molecule has 9 nitrogen and oxygen atoms in total. The summed E-state index contributed by atoms with van der Waals surface area (Å²) in [6.45, 7) is 5.58. The standard InChI is InChI=1S/C14H21N3O6S/c1-14(2,3)23-13(19)16-9-8-15-12(18)17-10-4-6-11(7-5-10)24(20,21)22/h4-7H,8-9H2,1-3H3,(H,16,19)(H2,15,17,18)(H,20,21,22). The first-order valence-corrected chi connectivity index (χ1v) is 8.51. The summed E-state index contributed by atoms with van der Waals surface area (Å²) in [7, 11) is -4.27. The molecule has 1 rings (SSSR count). The molecule has 0 unspecified atom stereocenters. The number of hydrogen-bond donors (Lipinski definition) is 4. The molecule has 0 spiro atoms. The summed E-state index contributed by atoms with van der Waals surface area (Å²) in [6, 6.07) is 4.47. The van der Waals surface area contributed by atoms with E-state index in [-0.39, 0.29) is 18.0 Å². The van der Waals surface area contributed by atoms with E-state index < -0.39 is 27.8 Å². The lowest BCUT2D eigenvalue weighted by molar-refractivity contribution is 0.0528. The minimum Gasteiger partial charge on any atom is -0.444 e. The molecule has 134 valence electrons. The molecule has 1 aromatic rings. The first kappa shape index (κ1) is 19.7. The SMILES string of the molecule is CC(C)(C)OC(=O)NCCNC(=O)Nc1ccc(S(=O)(=O)O)cc1. The number of alkyl carbamates (subject to hydrolysis) is 1. The van der Waals surface area contributed by atoms with Crippen LogP contribution in [0.5, 0.6) is 0 Å². The topological polar surface area (TPSA) is 134 Å². The first-order valence-electron chi connectivity index (χ1n) is 7.07. The van der Waals surface area contributed by atoms with Gasteiger partial charge in [-0.05, 0) is 45.0 Å². The number of rotatable bonds is 5. The molecule has 0 aromatic heterocycles. The predicted molar refractivity (Wildman–Crippen MR) is 87.5 cm³/mol. The molecule has 4 N–H and O–H groups in total. The lowest BCUT2D eigenvalue weighted by atomic mass is 10.2. The van der Waals surface area contributed by atoms with Crippen LogP contribution in [-0.2, 0) is 14.9 Å². The molecule has 10 heteroatoms. The average molecular weight is 359 g/mol. The van der Waals surface area contributed by atoms with Gasteiger partial charge in [-0.3, -0.25) is 4.55 Å². The molecule has 3 amide bonds. The molecule has 0 radical (unpaired) electrons. The number of nitrogens with one attached hydrogen (secondary N) is 3. The van der Waals surface area contributed by atoms with Crippen molar-refractivity contribution in [2.75, 3.05) is 18.4 Å². The van der Waals surface area contributed by atoms with Gasteiger partial charge in [-0.2, -0.15) is 8.42 Å². The Labute approximate surface area is 140 Å². The lowest BCUT2D eigenvalue weighted by Gasteiger charge is -2.19. The Morgan fingerprint density at radius 2 is 1.62 bits per heavy atom. The second-order valence-electron chi connectivity index (χ2n) is 5.81. The van der Waals surface area contributed by atoms with Gasteiger partial charge in [0.25, 0.3) is 10.1 Å². The van der Waals surface area contributed by atoms with Crippen molar-refractivity contribution >= 4 is 27.9 Å². The number of urea groups is 1. The van der Waals surface area contributed by atoms with Gasteiger partial charge in [0.15, 0.2) is 0 Å². The highest BCUT2D eigenvalue weighted by molar-refractivity contribution is 7.85. The van der Waals surface area contributed by atoms with E-state index in [2.05, 4.69) is 16.0 Å². The number of amides is 3. The number of carbonyl (C=O) groups is 2. The Kier molecular flexibility index (Phi) is 6.55. The Bertz CT molecular complexity index is 679. The quantitative estimate of drug-likeness (QED) is 0.466. The van der Waals surface area contributed by atoms with E-state index in [0.29, 0.717) is 5.69 Å². The molecular formula is C14H21N3O6S. The molecule has 0 aliphatic heterocycles. The van der Waals surface area contributed by atoms with Crippen LogP contribution in [0.2, 0.25) is 0 Å². The van der Waals surface area contributed by atoms with Crippen molar-refractivity contribution < 1.29 is 27.3 Å². The fourth-order valence-corrected chi connectivity index (χ4v) is 2.02. The van der Waals surface area contributed by atoms with Crippen LogP contribution in [0.4, 0.5) is 15.3 Å². The Morgan fingerprint density at radius 1 is 1.08 bits per heavy atom. The molecule has 0 aliphatic rings. The van der Waals surface area contributed by atoms with Gasteiger partial charge in [0.05, 0.1) is 4.90 Å². The number of anilines is 1. The largest absolute Gasteiger partial charge is 0.444 e. The average Bonchev–Trinajstić information content (AvgIpc) is 2.41. The van der Waals surface area contributed by atoms with Crippen LogP contribution in [-0.4, -0.2) is 43.8 Å². The van der Waals surface area contributed by atoms with E-state index >= 15 is 0 Å². The highest BCUT2D eigenvalue weighted by Gasteiger charge is 2.15. The first-order chi connectivity index (χ1) is 11.0. The zero-order chi connectivity index (χ0) is 18.4. The zero-order valence-corrected chi connectivity index (χ0v) is 14.4. The van der Waals surface area contributed by atoms with Gasteiger partial charge in [-0.15, -0.1) is 0 Å². The van der Waals surface area contributed by atoms with E-state index in [0.717, 1.165) is 12.1 Å². The highest BCUT2D eigenvalue weighted by Crippen LogP contribution is 2.13. The highest BCUT2D eigenvalue weighted by atomic mass is 32.2. The van der Waals surface area contributed by atoms with Crippen molar-refractivity contribution in [1.29, 1.82) is 0 Å². The summed E-state index contributed by atoms with van der Waals surface area (Å²) in [4.78, 5) is 22.7. The molecule has 0 atom stereocenters. The molecular weight excluding hydrogens is 338 g/mol. The number of carbonyl (C=O) groups excluding carboxylic acids is 2. The van der Waals surface area contributed by atoms with Gasteiger partial charge >= 0.3 is 12.1 Å². The summed E-state index contributed by atoms with van der Waals surface area (Å²) in [5, 5.41) is 7.47. The van der Waals surface area contributed by atoms with Crippen molar-refractivity contribution in [2.45, 2.75) is 31.3 Å². The van der Waals surface area contributed by atoms with Gasteiger partial charge in [0.2, 0.25) is 0 Å². The maximum Gasteiger partial charge on any atom is 0.407 e. The van der Waals surface area contributed by atoms with E-state index in [4.69, 9.17) is 9.29 Å². The van der Waals surface area contributed by atoms with Gasteiger partial charge < -0.3 is 20.7 Å². The summed E-state index contributed by atoms with van der Waals surface area (Å²) >= 11 is 0. The summed E-state index contributed by atoms with van der Waals surface area (Å²) < 4.78 is 35.7. The minimum atomic E-state index is -4.27. The van der Waals surface area contributed by atoms with Crippen molar-refractivity contribution in [2.24, 2.45) is 0 Å². The second kappa shape index (κ2) is 7.97. The van der Waals surface area contributed by atoms with Crippen LogP contribution >= 0.6 is 0 Å². The van der Waals surface area contributed by atoms with Crippen LogP contribution in [0, 0.1) is 0 Å². The zero-order valence-electron chi connectivity index (χ0n) is 13.6. The molecule has 0 aliphatic carbocycles. The normalized spacial score (nSPS) is 11.5. The Hall–Kier alpha value is -2.33. The van der Waals surface area contributed by atoms with E-state index in [1.807, 2.05) is 0 Å². The van der Waals surface area contributed by atoms with Crippen LogP contribution in [0.15, 0.2) is 29.2 Å². The summed E-state index contributed by atoms with van der Waals surface area (Å²) in [5.41, 5.74) is -0.247. The fourth-order valence-electron chi connectivity index (χ4n) is 1.54. The molecule has 0 heterocycles. The van der Waals surface area contributed by atoms with Crippen molar-refractivity contribution in [3.8, 4) is 0 Å². The summed E-state index contributed by atoms with van der Waals surface area (Å²) in [5.74, 6) is 0. The molecule has 0 saturated heterocycles. The Morgan fingerprint density at radius 3 is 2.12 bits per heavy atom. The van der Waals surface area contributed by atoms with Crippen molar-refractivity contribution in [1.82, 2.24) is 10.6 Å². The van der Waals surface area contributed by atoms with E-state index in [9.17, 15) is 18.0 Å². The van der Waals surface area contributed by atoms with Crippen molar-refractivity contribution in [3.63, 3.8) is 0 Å². The molecule has 0 fully saturated rings. The fraction of sp³-hybridized carbons (Fsp3) is 0.429. The number of ether oxygens (including phenoxy) is 1. The predicted octanol–water partition coefficient (Wildman–Crippen LogP) is 1.58. The third-order valence-corrected chi connectivity index (χ3v) is 3.36. The van der Waals surface area contributed by atoms with Gasteiger partial charge in [-0.25, -0.2) is 9.59 Å². The van der Waals surface area contributed by atoms with E-state index in [1.54, 1.807) is 20.8 Å². The minimum absolute atomic E-state index is 0.175. The number of hydrogen-bond acceptors (Lipinski definition) is 5. The summed E-state index contributed by atoms with van der Waals surface area (Å²) in [6.07, 6.45) is -0.578. The van der Waals surface area contributed by atoms with Gasteiger partial charge in [-0.1, -0.05) is 0 Å². The monoisotopic (exact) mass is 359 g/mol. The van der Waals surface area contributed by atoms with E-state index in [1.165, 1.54) is 12.1 Å². The number of benzene rings is 1. The van der Waals surface area contributed by atoms with Crippen LogP contribution in [0.3, 0.4) is 0 Å². The van der Waals surface area contributed by atoms with Crippen LogP contribution in [0.1, 0.15) is 20.8 Å². The van der Waals surface area contributed by atoms with Gasteiger partial charge in [0, 0.05) is 18.8 Å². The second-order valence-corrected chi connectivity index (χ2v) is 7.23. The lowest BCUT2D eigenvalue weighted by Crippen LogP contribution is -2.39.